The van der Waals surface area contributed by atoms with Crippen molar-refractivity contribution in [2.45, 2.75) is 40.2 Å². The smallest absolute Gasteiger partial charge is 0.0684 e. The van der Waals surface area contributed by atoms with Crippen LogP contribution in [0.2, 0.25) is 0 Å². The maximum atomic E-state index is 8.80. The van der Waals surface area contributed by atoms with Crippen LogP contribution in [0.3, 0.4) is 0 Å². The molecule has 0 fully saturated rings. The molecule has 0 bridgehead atoms. The van der Waals surface area contributed by atoms with E-state index in [0.717, 1.165) is 26.2 Å². The Morgan fingerprint density at radius 1 is 1.50 bits per heavy atom. The molecule has 0 aliphatic rings. The summed E-state index contributed by atoms with van der Waals surface area (Å²) in [6.45, 7) is 10.4. The number of nitrogens with zero attached hydrogens (tertiary/aromatic N) is 1. The minimum Gasteiger partial charge on any atom is -0.380 e. The molecule has 0 aromatic carbocycles. The summed E-state index contributed by atoms with van der Waals surface area (Å²) in [7, 11) is 0. The Labute approximate surface area is 87.4 Å². The minimum atomic E-state index is -0.224. The second-order valence-electron chi connectivity index (χ2n) is 4.26. The fraction of sp³-hybridized carbons (Fsp3) is 0.909. The van der Waals surface area contributed by atoms with E-state index >= 15 is 0 Å². The number of hydrogen-bond acceptors (Lipinski definition) is 3. The van der Waals surface area contributed by atoms with Gasteiger partial charge in [-0.2, -0.15) is 5.26 Å². The van der Waals surface area contributed by atoms with E-state index in [1.54, 1.807) is 0 Å². The van der Waals surface area contributed by atoms with Gasteiger partial charge in [0, 0.05) is 12.6 Å². The summed E-state index contributed by atoms with van der Waals surface area (Å²) >= 11 is 0. The summed E-state index contributed by atoms with van der Waals surface area (Å²) < 4.78 is 5.28. The molecular weight excluding hydrogens is 176 g/mol. The van der Waals surface area contributed by atoms with Crippen molar-refractivity contribution in [3.8, 4) is 6.07 Å². The van der Waals surface area contributed by atoms with Gasteiger partial charge in [0.25, 0.3) is 0 Å². The maximum Gasteiger partial charge on any atom is 0.0684 e. The number of nitriles is 1. The zero-order valence-electron chi connectivity index (χ0n) is 9.76. The summed E-state index contributed by atoms with van der Waals surface area (Å²) in [6.07, 6.45) is 0.875. The molecule has 0 aliphatic heterocycles. The molecular formula is C11H22N2O. The first-order chi connectivity index (χ1) is 6.52. The standard InChI is InChI=1S/C11H22N2O/c1-5-14-8-10(2)13-7-6-11(3,4)9-12/h10,13H,5-8H2,1-4H3. The van der Waals surface area contributed by atoms with Gasteiger partial charge in [-0.05, 0) is 40.7 Å². The van der Waals surface area contributed by atoms with Crippen molar-refractivity contribution < 1.29 is 4.74 Å². The van der Waals surface area contributed by atoms with E-state index in [1.165, 1.54) is 0 Å². The molecule has 1 unspecified atom stereocenters. The van der Waals surface area contributed by atoms with Crippen LogP contribution >= 0.6 is 0 Å². The molecule has 1 N–H and O–H groups in total. The van der Waals surface area contributed by atoms with Crippen molar-refractivity contribution >= 4 is 0 Å². The quantitative estimate of drug-likeness (QED) is 0.680. The molecule has 3 heteroatoms. The highest BCUT2D eigenvalue weighted by Gasteiger charge is 2.15. The topological polar surface area (TPSA) is 45.0 Å². The molecule has 0 aliphatic carbocycles. The average Bonchev–Trinajstić information content (AvgIpc) is 2.14. The first kappa shape index (κ1) is 13.4. The van der Waals surface area contributed by atoms with Crippen LogP contribution in [0.5, 0.6) is 0 Å². The fourth-order valence-corrected chi connectivity index (χ4v) is 1.04. The highest BCUT2D eigenvalue weighted by atomic mass is 16.5. The van der Waals surface area contributed by atoms with Crippen LogP contribution in [0, 0.1) is 16.7 Å². The van der Waals surface area contributed by atoms with Crippen LogP contribution in [-0.4, -0.2) is 25.8 Å². The van der Waals surface area contributed by atoms with Gasteiger partial charge in [0.1, 0.15) is 0 Å². The second kappa shape index (κ2) is 6.80. The Hall–Kier alpha value is -0.590. The lowest BCUT2D eigenvalue weighted by molar-refractivity contribution is 0.126. The highest BCUT2D eigenvalue weighted by Crippen LogP contribution is 2.17. The van der Waals surface area contributed by atoms with Crippen LogP contribution in [0.25, 0.3) is 0 Å². The minimum absolute atomic E-state index is 0.224. The normalized spacial score (nSPS) is 13.6. The van der Waals surface area contributed by atoms with Crippen molar-refractivity contribution in [3.63, 3.8) is 0 Å². The Kier molecular flexibility index (Phi) is 6.52. The van der Waals surface area contributed by atoms with Gasteiger partial charge in [-0.15, -0.1) is 0 Å². The third-order valence-corrected chi connectivity index (χ3v) is 2.12. The molecule has 0 aromatic heterocycles. The molecule has 1 atom stereocenters. The highest BCUT2D eigenvalue weighted by molar-refractivity contribution is 4.91. The van der Waals surface area contributed by atoms with Crippen molar-refractivity contribution in [2.75, 3.05) is 19.8 Å². The summed E-state index contributed by atoms with van der Waals surface area (Å²) in [5, 5.41) is 12.1. The Balaban J connectivity index is 3.50. The van der Waals surface area contributed by atoms with Crippen LogP contribution in [0.4, 0.5) is 0 Å². The zero-order chi connectivity index (χ0) is 11.0. The molecule has 3 nitrogen and oxygen atoms in total. The van der Waals surface area contributed by atoms with Crippen LogP contribution in [0.15, 0.2) is 0 Å². The van der Waals surface area contributed by atoms with Crippen molar-refractivity contribution in [3.05, 3.63) is 0 Å². The molecule has 0 saturated heterocycles. The van der Waals surface area contributed by atoms with Crippen molar-refractivity contribution in [1.82, 2.24) is 5.32 Å². The van der Waals surface area contributed by atoms with Gasteiger partial charge in [-0.25, -0.2) is 0 Å². The van der Waals surface area contributed by atoms with Crippen LogP contribution in [0.1, 0.15) is 34.1 Å². The Bertz CT molecular complexity index is 184. The van der Waals surface area contributed by atoms with E-state index in [0.29, 0.717) is 6.04 Å². The lowest BCUT2D eigenvalue weighted by Crippen LogP contribution is -2.33. The number of rotatable bonds is 7. The summed E-state index contributed by atoms with van der Waals surface area (Å²) in [5.74, 6) is 0. The first-order valence-corrected chi connectivity index (χ1v) is 5.24. The van der Waals surface area contributed by atoms with E-state index in [4.69, 9.17) is 10.00 Å². The van der Waals surface area contributed by atoms with Gasteiger partial charge in [0.05, 0.1) is 18.1 Å². The molecule has 0 aromatic rings. The predicted molar refractivity (Wildman–Crippen MR) is 58.0 cm³/mol. The summed E-state index contributed by atoms with van der Waals surface area (Å²) in [5.41, 5.74) is -0.224. The number of hydrogen-bond donors (Lipinski definition) is 1. The largest absolute Gasteiger partial charge is 0.380 e. The molecule has 14 heavy (non-hydrogen) atoms. The fourth-order valence-electron chi connectivity index (χ4n) is 1.04. The molecule has 0 rings (SSSR count). The average molecular weight is 198 g/mol. The van der Waals surface area contributed by atoms with Crippen molar-refractivity contribution in [1.29, 1.82) is 5.26 Å². The monoisotopic (exact) mass is 198 g/mol. The Morgan fingerprint density at radius 2 is 2.14 bits per heavy atom. The van der Waals surface area contributed by atoms with Gasteiger partial charge >= 0.3 is 0 Å². The number of ether oxygens (including phenoxy) is 1. The zero-order valence-corrected chi connectivity index (χ0v) is 9.76. The van der Waals surface area contributed by atoms with E-state index in [2.05, 4.69) is 18.3 Å². The molecule has 0 radical (unpaired) electrons. The third-order valence-electron chi connectivity index (χ3n) is 2.12. The summed E-state index contributed by atoms with van der Waals surface area (Å²) in [4.78, 5) is 0. The van der Waals surface area contributed by atoms with Gasteiger partial charge in [-0.3, -0.25) is 0 Å². The van der Waals surface area contributed by atoms with Gasteiger partial charge < -0.3 is 10.1 Å². The number of nitrogens with one attached hydrogen (secondary N) is 1. The molecule has 0 heterocycles. The summed E-state index contributed by atoms with van der Waals surface area (Å²) in [6, 6.07) is 2.65. The molecule has 0 spiro atoms. The van der Waals surface area contributed by atoms with E-state index in [9.17, 15) is 0 Å². The molecule has 0 saturated carbocycles. The SMILES string of the molecule is CCOCC(C)NCCC(C)(C)C#N. The van der Waals surface area contributed by atoms with Gasteiger partial charge in [-0.1, -0.05) is 0 Å². The van der Waals surface area contributed by atoms with E-state index in [-0.39, 0.29) is 5.41 Å². The molecule has 82 valence electrons. The van der Waals surface area contributed by atoms with Gasteiger partial charge in [0.2, 0.25) is 0 Å². The van der Waals surface area contributed by atoms with Crippen LogP contribution in [-0.2, 0) is 4.74 Å². The first-order valence-electron chi connectivity index (χ1n) is 5.24. The van der Waals surface area contributed by atoms with Gasteiger partial charge in [0.15, 0.2) is 0 Å². The third kappa shape index (κ3) is 6.88. The lowest BCUT2D eigenvalue weighted by Gasteiger charge is -2.18. The van der Waals surface area contributed by atoms with E-state index < -0.39 is 0 Å². The van der Waals surface area contributed by atoms with Crippen molar-refractivity contribution in [2.24, 2.45) is 5.41 Å². The lowest BCUT2D eigenvalue weighted by atomic mass is 9.91. The maximum absolute atomic E-state index is 8.80. The van der Waals surface area contributed by atoms with Crippen LogP contribution < -0.4 is 5.32 Å². The van der Waals surface area contributed by atoms with E-state index in [1.807, 2.05) is 20.8 Å². The Morgan fingerprint density at radius 3 is 2.64 bits per heavy atom. The second-order valence-corrected chi connectivity index (χ2v) is 4.26. The molecule has 0 amide bonds. The predicted octanol–water partition coefficient (Wildman–Crippen LogP) is 1.94.